The highest BCUT2D eigenvalue weighted by atomic mass is 32.1. The number of aromatic nitrogens is 1. The molecule has 4 aromatic rings. The summed E-state index contributed by atoms with van der Waals surface area (Å²) < 4.78 is 55.3. The molecule has 0 atom stereocenters. The van der Waals surface area contributed by atoms with Crippen molar-refractivity contribution in [3.05, 3.63) is 82.2 Å². The third-order valence-corrected chi connectivity index (χ3v) is 6.57. The van der Waals surface area contributed by atoms with Crippen LogP contribution in [0, 0.1) is 6.92 Å². The molecule has 0 aliphatic rings. The van der Waals surface area contributed by atoms with Crippen LogP contribution in [0.3, 0.4) is 0 Å². The minimum Gasteiger partial charge on any atom is -0.497 e. The Morgan fingerprint density at radius 2 is 1.66 bits per heavy atom. The molecule has 0 spiro atoms. The van der Waals surface area contributed by atoms with Crippen molar-refractivity contribution >= 4 is 17.3 Å². The van der Waals surface area contributed by atoms with Gasteiger partial charge in [0, 0.05) is 22.9 Å². The van der Waals surface area contributed by atoms with Crippen molar-refractivity contribution in [2.75, 3.05) is 20.3 Å². The number of hydrogen-bond donors (Lipinski definition) is 1. The molecule has 1 aromatic heterocycles. The molecule has 1 heterocycles. The van der Waals surface area contributed by atoms with Gasteiger partial charge in [-0.3, -0.25) is 0 Å². The maximum atomic E-state index is 12.8. The molecule has 0 amide bonds. The lowest BCUT2D eigenvalue weighted by Crippen LogP contribution is -2.10. The zero-order chi connectivity index (χ0) is 27.3. The third-order valence-electron chi connectivity index (χ3n) is 5.66. The maximum absolute atomic E-state index is 12.8. The Hall–Kier alpha value is -4.05. The van der Waals surface area contributed by atoms with Crippen LogP contribution < -0.4 is 14.2 Å². The van der Waals surface area contributed by atoms with E-state index >= 15 is 0 Å². The van der Waals surface area contributed by atoms with E-state index in [0.717, 1.165) is 33.8 Å². The molecule has 0 unspecified atom stereocenters. The average Bonchev–Trinajstić information content (AvgIpc) is 3.37. The first-order valence-corrected chi connectivity index (χ1v) is 12.4. The number of methoxy groups -OCH3 is 1. The van der Waals surface area contributed by atoms with Crippen LogP contribution in [0.5, 0.6) is 17.2 Å². The predicted molar refractivity (Wildman–Crippen MR) is 138 cm³/mol. The van der Waals surface area contributed by atoms with Gasteiger partial charge in [0.2, 0.25) is 0 Å². The molecule has 0 radical (unpaired) electrons. The van der Waals surface area contributed by atoms with Crippen LogP contribution in [0.25, 0.3) is 22.4 Å². The molecule has 1 N–H and O–H groups in total. The molecule has 6 nitrogen and oxygen atoms in total. The number of nitrogens with zero attached hydrogens (tertiary/aromatic N) is 1. The Balaban J connectivity index is 1.49. The number of hydrogen-bond acceptors (Lipinski definition) is 6. The van der Waals surface area contributed by atoms with Crippen molar-refractivity contribution in [1.82, 2.24) is 4.98 Å². The molecule has 0 bridgehead atoms. The first-order chi connectivity index (χ1) is 18.1. The summed E-state index contributed by atoms with van der Waals surface area (Å²) in [6.45, 7) is 1.64. The first kappa shape index (κ1) is 27.0. The highest BCUT2D eigenvalue weighted by Gasteiger charge is 2.30. The first-order valence-electron chi connectivity index (χ1n) is 11.5. The van der Waals surface area contributed by atoms with Crippen molar-refractivity contribution in [2.24, 2.45) is 0 Å². The van der Waals surface area contributed by atoms with Gasteiger partial charge in [0.05, 0.1) is 30.0 Å². The topological polar surface area (TPSA) is 77.9 Å². The fourth-order valence-electron chi connectivity index (χ4n) is 3.71. The smallest absolute Gasteiger partial charge is 0.416 e. The number of carbonyl (C=O) groups is 1. The van der Waals surface area contributed by atoms with Gasteiger partial charge in [0.15, 0.2) is 6.61 Å². The van der Waals surface area contributed by atoms with E-state index in [9.17, 15) is 18.0 Å². The average molecular weight is 544 g/mol. The largest absolute Gasteiger partial charge is 0.497 e. The van der Waals surface area contributed by atoms with E-state index in [0.29, 0.717) is 41.5 Å². The van der Waals surface area contributed by atoms with Crippen LogP contribution in [0.2, 0.25) is 0 Å². The Labute approximate surface area is 221 Å². The van der Waals surface area contributed by atoms with Gasteiger partial charge in [-0.1, -0.05) is 24.3 Å². The zero-order valence-corrected chi connectivity index (χ0v) is 21.4. The van der Waals surface area contributed by atoms with E-state index in [1.165, 1.54) is 23.5 Å². The molecule has 38 heavy (non-hydrogen) atoms. The summed E-state index contributed by atoms with van der Waals surface area (Å²) in [4.78, 5) is 15.5. The van der Waals surface area contributed by atoms with E-state index in [1.54, 1.807) is 31.5 Å². The number of thiazole rings is 1. The molecular weight excluding hydrogens is 519 g/mol. The van der Waals surface area contributed by atoms with E-state index < -0.39 is 24.3 Å². The number of benzene rings is 3. The standard InChI is InChI=1S/C28H24F3NO5S/c1-17-13-25(22(14-24(17)37-15-27(33)34)18-5-9-21(35-2)10-6-18)36-12-11-26-32-23(16-38-26)19-3-7-20(8-4-19)28(29,30)31/h3-10,13-14,16H,11-12,15H2,1-2H3,(H,33,34). The number of ether oxygens (including phenoxy) is 3. The highest BCUT2D eigenvalue weighted by molar-refractivity contribution is 7.09. The molecule has 0 saturated carbocycles. The summed E-state index contributed by atoms with van der Waals surface area (Å²) in [6, 6.07) is 15.8. The van der Waals surface area contributed by atoms with Crippen LogP contribution in [0.4, 0.5) is 13.2 Å². The predicted octanol–water partition coefficient (Wildman–Crippen LogP) is 6.90. The number of halogens is 3. The second-order valence-corrected chi connectivity index (χ2v) is 9.27. The lowest BCUT2D eigenvalue weighted by molar-refractivity contribution is -0.139. The summed E-state index contributed by atoms with van der Waals surface area (Å²) in [5, 5.41) is 11.6. The Morgan fingerprint density at radius 3 is 2.29 bits per heavy atom. The fourth-order valence-corrected chi connectivity index (χ4v) is 4.50. The second-order valence-electron chi connectivity index (χ2n) is 8.32. The molecule has 0 aliphatic heterocycles. The van der Waals surface area contributed by atoms with Crippen LogP contribution in [-0.2, 0) is 17.4 Å². The monoisotopic (exact) mass is 543 g/mol. The van der Waals surface area contributed by atoms with E-state index in [4.69, 9.17) is 19.3 Å². The van der Waals surface area contributed by atoms with Crippen molar-refractivity contribution < 1.29 is 37.3 Å². The van der Waals surface area contributed by atoms with Crippen molar-refractivity contribution in [3.63, 3.8) is 0 Å². The second kappa shape index (κ2) is 11.6. The van der Waals surface area contributed by atoms with Gasteiger partial charge in [-0.25, -0.2) is 9.78 Å². The molecule has 0 saturated heterocycles. The molecule has 3 aromatic carbocycles. The summed E-state index contributed by atoms with van der Waals surface area (Å²) in [5.41, 5.74) is 2.79. The van der Waals surface area contributed by atoms with Gasteiger partial charge in [0.25, 0.3) is 0 Å². The zero-order valence-electron chi connectivity index (χ0n) is 20.5. The van der Waals surface area contributed by atoms with Crippen molar-refractivity contribution in [3.8, 4) is 39.6 Å². The number of aryl methyl sites for hydroxylation is 1. The number of alkyl halides is 3. The normalized spacial score (nSPS) is 11.3. The molecule has 0 fully saturated rings. The van der Waals surface area contributed by atoms with Crippen molar-refractivity contribution in [2.45, 2.75) is 19.5 Å². The lowest BCUT2D eigenvalue weighted by atomic mass is 10.0. The third kappa shape index (κ3) is 6.63. The van der Waals surface area contributed by atoms with Crippen LogP contribution >= 0.6 is 11.3 Å². The van der Waals surface area contributed by atoms with Crippen LogP contribution in [-0.4, -0.2) is 36.4 Å². The summed E-state index contributed by atoms with van der Waals surface area (Å²) >= 11 is 1.41. The van der Waals surface area contributed by atoms with Gasteiger partial charge in [-0.05, 0) is 54.4 Å². The molecule has 198 valence electrons. The van der Waals surface area contributed by atoms with E-state index in [1.807, 2.05) is 24.3 Å². The Kier molecular flexibility index (Phi) is 8.21. The lowest BCUT2D eigenvalue weighted by Gasteiger charge is -2.16. The molecule has 10 heteroatoms. The minimum absolute atomic E-state index is 0.303. The Morgan fingerprint density at radius 1 is 0.974 bits per heavy atom. The number of carboxylic acids is 1. The van der Waals surface area contributed by atoms with Gasteiger partial charge in [-0.2, -0.15) is 13.2 Å². The van der Waals surface area contributed by atoms with Gasteiger partial charge < -0.3 is 19.3 Å². The summed E-state index contributed by atoms with van der Waals surface area (Å²) in [6.07, 6.45) is -3.89. The van der Waals surface area contributed by atoms with Gasteiger partial charge in [-0.15, -0.1) is 11.3 Å². The van der Waals surface area contributed by atoms with E-state index in [-0.39, 0.29) is 0 Å². The number of rotatable bonds is 10. The summed E-state index contributed by atoms with van der Waals surface area (Å²) in [7, 11) is 1.58. The fraction of sp³-hybridized carbons (Fsp3) is 0.214. The van der Waals surface area contributed by atoms with Gasteiger partial charge >= 0.3 is 12.1 Å². The van der Waals surface area contributed by atoms with E-state index in [2.05, 4.69) is 4.98 Å². The quantitative estimate of drug-likeness (QED) is 0.235. The van der Waals surface area contributed by atoms with Crippen LogP contribution in [0.15, 0.2) is 66.0 Å². The molecular formula is C28H24F3NO5S. The highest BCUT2D eigenvalue weighted by Crippen LogP contribution is 2.37. The molecule has 4 rings (SSSR count). The van der Waals surface area contributed by atoms with Crippen LogP contribution in [0.1, 0.15) is 16.1 Å². The number of aliphatic carboxylic acids is 1. The SMILES string of the molecule is COc1ccc(-c2cc(OCC(=O)O)c(C)cc2OCCc2nc(-c3ccc(C(F)(F)F)cc3)cs2)cc1. The van der Waals surface area contributed by atoms with Gasteiger partial charge in [0.1, 0.15) is 17.2 Å². The maximum Gasteiger partial charge on any atom is 0.416 e. The molecule has 0 aliphatic carbocycles. The number of carboxylic acid groups (broad SMARTS) is 1. The Bertz CT molecular complexity index is 1400. The minimum atomic E-state index is -4.38. The summed E-state index contributed by atoms with van der Waals surface area (Å²) in [5.74, 6) is 0.648. The van der Waals surface area contributed by atoms with Crippen molar-refractivity contribution in [1.29, 1.82) is 0 Å².